The zero-order valence-corrected chi connectivity index (χ0v) is 21.1. The molecular formula is C25H20BrClN2O3S. The highest BCUT2D eigenvalue weighted by Crippen LogP contribution is 2.37. The third kappa shape index (κ3) is 5.79. The van der Waals surface area contributed by atoms with Crippen LogP contribution in [0.5, 0.6) is 11.5 Å². The molecule has 0 radical (unpaired) electrons. The van der Waals surface area contributed by atoms with Crippen LogP contribution in [0.2, 0.25) is 5.02 Å². The first-order valence-electron chi connectivity index (χ1n) is 10.0. The maximum absolute atomic E-state index is 12.5. The van der Waals surface area contributed by atoms with Gasteiger partial charge in [0.2, 0.25) is 0 Å². The molecule has 168 valence electrons. The van der Waals surface area contributed by atoms with Crippen LogP contribution in [0.4, 0.5) is 5.69 Å². The Morgan fingerprint density at radius 3 is 2.64 bits per heavy atom. The molecule has 3 aromatic rings. The summed E-state index contributed by atoms with van der Waals surface area (Å²) in [7, 11) is 1.59. The molecule has 33 heavy (non-hydrogen) atoms. The van der Waals surface area contributed by atoms with Gasteiger partial charge < -0.3 is 14.8 Å². The summed E-state index contributed by atoms with van der Waals surface area (Å²) in [5.41, 5.74) is 3.50. The number of aryl methyl sites for hydroxylation is 1. The van der Waals surface area contributed by atoms with Crippen molar-refractivity contribution in [3.8, 4) is 11.5 Å². The summed E-state index contributed by atoms with van der Waals surface area (Å²) in [5.74, 6) is 0.970. The van der Waals surface area contributed by atoms with Crippen molar-refractivity contribution in [2.24, 2.45) is 4.99 Å². The van der Waals surface area contributed by atoms with Gasteiger partial charge >= 0.3 is 0 Å². The quantitative estimate of drug-likeness (QED) is 0.344. The Hall–Kier alpha value is -2.74. The van der Waals surface area contributed by atoms with E-state index < -0.39 is 0 Å². The number of carbonyl (C=O) groups excluding carboxylic acids is 1. The van der Waals surface area contributed by atoms with Crippen molar-refractivity contribution in [2.45, 2.75) is 13.5 Å². The van der Waals surface area contributed by atoms with Crippen molar-refractivity contribution < 1.29 is 14.3 Å². The monoisotopic (exact) mass is 542 g/mol. The minimum absolute atomic E-state index is 0.216. The number of thioether (sulfide) groups is 1. The molecule has 4 rings (SSSR count). The van der Waals surface area contributed by atoms with E-state index in [1.54, 1.807) is 19.3 Å². The van der Waals surface area contributed by atoms with E-state index in [9.17, 15) is 4.79 Å². The molecule has 1 saturated heterocycles. The first-order valence-corrected chi connectivity index (χ1v) is 12.0. The van der Waals surface area contributed by atoms with Crippen LogP contribution in [0.15, 0.2) is 75.0 Å². The zero-order valence-electron chi connectivity index (χ0n) is 17.9. The highest BCUT2D eigenvalue weighted by atomic mass is 79.9. The molecule has 0 atom stereocenters. The predicted octanol–water partition coefficient (Wildman–Crippen LogP) is 6.89. The molecule has 0 saturated carbocycles. The van der Waals surface area contributed by atoms with Crippen LogP contribution in [0.1, 0.15) is 16.7 Å². The third-order valence-corrected chi connectivity index (χ3v) is 6.85. The minimum Gasteiger partial charge on any atom is -0.493 e. The SMILES string of the molecule is COc1cc(/C=C2\SC(=Nc3ccc(C)c(Cl)c3)NC2=O)c(Br)cc1OCc1ccccc1. The Bertz CT molecular complexity index is 1260. The Kier molecular flexibility index (Phi) is 7.42. The van der Waals surface area contributed by atoms with Crippen LogP contribution in [0, 0.1) is 6.92 Å². The summed E-state index contributed by atoms with van der Waals surface area (Å²) in [5, 5.41) is 3.93. The number of hydrogen-bond acceptors (Lipinski definition) is 5. The number of methoxy groups -OCH3 is 1. The molecular weight excluding hydrogens is 524 g/mol. The molecule has 0 unspecified atom stereocenters. The number of nitrogens with zero attached hydrogens (tertiary/aromatic N) is 1. The molecule has 1 fully saturated rings. The highest BCUT2D eigenvalue weighted by molar-refractivity contribution is 9.10. The number of hydrogen-bond donors (Lipinski definition) is 1. The Morgan fingerprint density at radius 1 is 1.12 bits per heavy atom. The van der Waals surface area contributed by atoms with E-state index in [4.69, 9.17) is 21.1 Å². The zero-order chi connectivity index (χ0) is 23.4. The van der Waals surface area contributed by atoms with Gasteiger partial charge in [-0.05, 0) is 65.7 Å². The molecule has 0 aliphatic carbocycles. The van der Waals surface area contributed by atoms with Gasteiger partial charge in [-0.15, -0.1) is 0 Å². The molecule has 1 aliphatic rings. The van der Waals surface area contributed by atoms with E-state index in [1.807, 2.05) is 61.5 Å². The van der Waals surface area contributed by atoms with Gasteiger partial charge in [0.15, 0.2) is 16.7 Å². The second kappa shape index (κ2) is 10.5. The van der Waals surface area contributed by atoms with E-state index in [0.29, 0.717) is 38.9 Å². The van der Waals surface area contributed by atoms with Crippen LogP contribution in [0.25, 0.3) is 6.08 Å². The number of carbonyl (C=O) groups is 1. The van der Waals surface area contributed by atoms with Gasteiger partial charge in [-0.2, -0.15) is 0 Å². The van der Waals surface area contributed by atoms with Gasteiger partial charge in [-0.25, -0.2) is 4.99 Å². The van der Waals surface area contributed by atoms with Crippen LogP contribution < -0.4 is 14.8 Å². The highest BCUT2D eigenvalue weighted by Gasteiger charge is 2.24. The van der Waals surface area contributed by atoms with Gasteiger partial charge in [0.25, 0.3) is 5.91 Å². The van der Waals surface area contributed by atoms with E-state index in [-0.39, 0.29) is 5.91 Å². The number of aliphatic imine (C=N–C) groups is 1. The second-order valence-electron chi connectivity index (χ2n) is 7.21. The summed E-state index contributed by atoms with van der Waals surface area (Å²) in [6.45, 7) is 2.35. The van der Waals surface area contributed by atoms with Gasteiger partial charge in [-0.3, -0.25) is 4.79 Å². The normalized spacial score (nSPS) is 15.7. The third-order valence-electron chi connectivity index (χ3n) is 4.84. The van der Waals surface area contributed by atoms with Crippen molar-refractivity contribution in [2.75, 3.05) is 7.11 Å². The van der Waals surface area contributed by atoms with E-state index in [0.717, 1.165) is 21.2 Å². The lowest BCUT2D eigenvalue weighted by Crippen LogP contribution is -2.19. The maximum Gasteiger partial charge on any atom is 0.264 e. The number of nitrogens with one attached hydrogen (secondary N) is 1. The topological polar surface area (TPSA) is 59.9 Å². The van der Waals surface area contributed by atoms with Gasteiger partial charge in [0, 0.05) is 9.50 Å². The summed E-state index contributed by atoms with van der Waals surface area (Å²) >= 11 is 11.0. The molecule has 5 nitrogen and oxygen atoms in total. The van der Waals surface area contributed by atoms with Crippen molar-refractivity contribution in [1.29, 1.82) is 0 Å². The molecule has 1 N–H and O–H groups in total. The Balaban J connectivity index is 1.54. The predicted molar refractivity (Wildman–Crippen MR) is 138 cm³/mol. The summed E-state index contributed by atoms with van der Waals surface area (Å²) < 4.78 is 12.3. The number of benzene rings is 3. The van der Waals surface area contributed by atoms with Crippen LogP contribution in [-0.2, 0) is 11.4 Å². The lowest BCUT2D eigenvalue weighted by Gasteiger charge is -2.13. The first-order chi connectivity index (χ1) is 15.9. The molecule has 0 spiro atoms. The standard InChI is InChI=1S/C25H20BrClN2O3S/c1-15-8-9-18(12-20(15)27)28-25-29-24(30)23(33-25)11-17-10-21(31-2)22(13-19(17)26)32-14-16-6-4-3-5-7-16/h3-13H,14H2,1-2H3,(H,28,29,30)/b23-11-. The molecule has 3 aromatic carbocycles. The van der Waals surface area contributed by atoms with Gasteiger partial charge in [0.05, 0.1) is 17.7 Å². The van der Waals surface area contributed by atoms with Crippen LogP contribution in [-0.4, -0.2) is 18.2 Å². The number of ether oxygens (including phenoxy) is 2. The molecule has 1 aliphatic heterocycles. The van der Waals surface area contributed by atoms with Crippen molar-refractivity contribution >= 4 is 62.1 Å². The fourth-order valence-corrected chi connectivity index (χ4v) is 4.50. The summed E-state index contributed by atoms with van der Waals surface area (Å²) in [6, 6.07) is 19.1. The minimum atomic E-state index is -0.216. The van der Waals surface area contributed by atoms with Crippen molar-refractivity contribution in [3.63, 3.8) is 0 Å². The van der Waals surface area contributed by atoms with E-state index in [2.05, 4.69) is 26.2 Å². The molecule has 1 amide bonds. The maximum atomic E-state index is 12.5. The lowest BCUT2D eigenvalue weighted by molar-refractivity contribution is -0.115. The number of rotatable bonds is 6. The fraction of sp³-hybridized carbons (Fsp3) is 0.120. The molecule has 8 heteroatoms. The van der Waals surface area contributed by atoms with Crippen molar-refractivity contribution in [3.05, 3.63) is 91.8 Å². The summed E-state index contributed by atoms with van der Waals surface area (Å²) in [6.07, 6.45) is 1.79. The Morgan fingerprint density at radius 2 is 1.91 bits per heavy atom. The van der Waals surface area contributed by atoms with Crippen LogP contribution >= 0.6 is 39.3 Å². The smallest absolute Gasteiger partial charge is 0.264 e. The number of amidine groups is 1. The van der Waals surface area contributed by atoms with Gasteiger partial charge in [-0.1, -0.05) is 63.9 Å². The number of amides is 1. The van der Waals surface area contributed by atoms with Gasteiger partial charge in [0.1, 0.15) is 6.61 Å². The molecule has 1 heterocycles. The molecule has 0 bridgehead atoms. The van der Waals surface area contributed by atoms with Crippen molar-refractivity contribution in [1.82, 2.24) is 5.32 Å². The molecule has 0 aromatic heterocycles. The average molecular weight is 544 g/mol. The lowest BCUT2D eigenvalue weighted by atomic mass is 10.2. The number of halogens is 2. The largest absolute Gasteiger partial charge is 0.493 e. The van der Waals surface area contributed by atoms with Crippen LogP contribution in [0.3, 0.4) is 0 Å². The van der Waals surface area contributed by atoms with E-state index in [1.165, 1.54) is 11.8 Å². The average Bonchev–Trinajstić information content (AvgIpc) is 3.15. The van der Waals surface area contributed by atoms with E-state index >= 15 is 0 Å². The Labute approximate surface area is 210 Å². The summed E-state index contributed by atoms with van der Waals surface area (Å²) in [4.78, 5) is 17.5. The second-order valence-corrected chi connectivity index (χ2v) is 9.51. The fourth-order valence-electron chi connectivity index (χ4n) is 3.06. The first kappa shape index (κ1) is 23.4.